The maximum Gasteiger partial charge on any atom is 0.339 e. The van der Waals surface area contributed by atoms with E-state index in [9.17, 15) is 9.59 Å². The summed E-state index contributed by atoms with van der Waals surface area (Å²) in [6.45, 7) is 1.31. The van der Waals surface area contributed by atoms with Gasteiger partial charge >= 0.3 is 5.97 Å². The molecule has 0 aliphatic carbocycles. The van der Waals surface area contributed by atoms with Gasteiger partial charge in [0.15, 0.2) is 0 Å². The van der Waals surface area contributed by atoms with Crippen LogP contribution >= 0.6 is 0 Å². The van der Waals surface area contributed by atoms with Crippen LogP contribution in [0.15, 0.2) is 54.6 Å². The zero-order chi connectivity index (χ0) is 18.4. The van der Waals surface area contributed by atoms with Crippen molar-refractivity contribution in [2.75, 3.05) is 13.1 Å². The molecule has 2 aromatic rings. The van der Waals surface area contributed by atoms with Gasteiger partial charge in [-0.2, -0.15) is 0 Å². The third-order valence-electron chi connectivity index (χ3n) is 4.59. The lowest BCUT2D eigenvalue weighted by Crippen LogP contribution is -2.40. The summed E-state index contributed by atoms with van der Waals surface area (Å²) in [7, 11) is 0. The molecule has 1 N–H and O–H groups in total. The number of carbonyl (C=O) groups excluding carboxylic acids is 2. The highest BCUT2D eigenvalue weighted by molar-refractivity contribution is 5.92. The normalized spacial score (nSPS) is 15.3. The van der Waals surface area contributed by atoms with Crippen molar-refractivity contribution >= 4 is 11.9 Å². The average molecular weight is 353 g/mol. The number of aliphatic hydroxyl groups is 1. The lowest BCUT2D eigenvalue weighted by atomic mass is 10.1. The molecule has 0 bridgehead atoms. The zero-order valence-electron chi connectivity index (χ0n) is 14.6. The number of amides is 1. The first kappa shape index (κ1) is 18.1. The molecule has 26 heavy (non-hydrogen) atoms. The molecule has 136 valence electrons. The van der Waals surface area contributed by atoms with Crippen LogP contribution in [0.25, 0.3) is 0 Å². The number of likely N-dealkylation sites (tertiary alicyclic amines) is 1. The molecule has 1 atom stereocenters. The Labute approximate surface area is 153 Å². The number of ether oxygens (including phenoxy) is 1. The molecule has 1 fully saturated rings. The van der Waals surface area contributed by atoms with Crippen LogP contribution in [0.1, 0.15) is 46.9 Å². The Hall–Kier alpha value is -2.66. The highest BCUT2D eigenvalue weighted by atomic mass is 16.5. The van der Waals surface area contributed by atoms with E-state index in [-0.39, 0.29) is 12.5 Å². The van der Waals surface area contributed by atoms with E-state index in [1.54, 1.807) is 41.3 Å². The lowest BCUT2D eigenvalue weighted by molar-refractivity contribution is -0.142. The molecule has 5 heteroatoms. The minimum Gasteiger partial charge on any atom is -0.444 e. The molecule has 1 aliphatic heterocycles. The standard InChI is InChI=1S/C21H23NO4/c23-15-16-9-11-18(12-10-16)21(25)26-19(17-7-3-1-4-8-17)20(24)22-13-5-2-6-14-22/h1,3-4,7-12,19,23H,2,5-6,13-15H2/t19-/m0/s1. The van der Waals surface area contributed by atoms with E-state index in [1.165, 1.54) is 0 Å². The number of esters is 1. The first-order valence-electron chi connectivity index (χ1n) is 8.93. The van der Waals surface area contributed by atoms with Crippen LogP contribution in [0.2, 0.25) is 0 Å². The van der Waals surface area contributed by atoms with Crippen LogP contribution in [0.5, 0.6) is 0 Å². The van der Waals surface area contributed by atoms with Gasteiger partial charge in [0.25, 0.3) is 5.91 Å². The van der Waals surface area contributed by atoms with Crippen molar-refractivity contribution < 1.29 is 19.4 Å². The van der Waals surface area contributed by atoms with Gasteiger partial charge in [-0.25, -0.2) is 4.79 Å². The van der Waals surface area contributed by atoms with Crippen LogP contribution < -0.4 is 0 Å². The third-order valence-corrected chi connectivity index (χ3v) is 4.59. The first-order chi connectivity index (χ1) is 12.7. The maximum atomic E-state index is 13.0. The van der Waals surface area contributed by atoms with E-state index in [4.69, 9.17) is 9.84 Å². The molecule has 5 nitrogen and oxygen atoms in total. The second-order valence-electron chi connectivity index (χ2n) is 6.44. The molecule has 0 unspecified atom stereocenters. The van der Waals surface area contributed by atoms with E-state index in [0.717, 1.165) is 19.3 Å². The summed E-state index contributed by atoms with van der Waals surface area (Å²) in [5, 5.41) is 9.11. The Bertz CT molecular complexity index is 736. The molecule has 1 aliphatic rings. The van der Waals surface area contributed by atoms with Crippen molar-refractivity contribution in [2.24, 2.45) is 0 Å². The Balaban J connectivity index is 1.80. The van der Waals surface area contributed by atoms with Crippen molar-refractivity contribution in [3.63, 3.8) is 0 Å². The van der Waals surface area contributed by atoms with Crippen molar-refractivity contribution in [1.29, 1.82) is 0 Å². The molecule has 0 aromatic heterocycles. The minimum atomic E-state index is -0.945. The number of hydrogen-bond acceptors (Lipinski definition) is 4. The van der Waals surface area contributed by atoms with Gasteiger partial charge in [0.05, 0.1) is 12.2 Å². The first-order valence-corrected chi connectivity index (χ1v) is 8.93. The molecule has 1 heterocycles. The van der Waals surface area contributed by atoms with Crippen LogP contribution in [0.4, 0.5) is 0 Å². The number of piperidine rings is 1. The molecule has 3 rings (SSSR count). The average Bonchev–Trinajstić information content (AvgIpc) is 2.72. The predicted octanol–water partition coefficient (Wildman–Crippen LogP) is 3.09. The van der Waals surface area contributed by atoms with E-state index < -0.39 is 12.1 Å². The van der Waals surface area contributed by atoms with Gasteiger partial charge in [0.1, 0.15) is 0 Å². The van der Waals surface area contributed by atoms with Gasteiger partial charge in [-0.3, -0.25) is 4.79 Å². The maximum absolute atomic E-state index is 13.0. The van der Waals surface area contributed by atoms with Gasteiger partial charge in [0.2, 0.25) is 6.10 Å². The lowest BCUT2D eigenvalue weighted by Gasteiger charge is -2.30. The molecule has 0 saturated carbocycles. The smallest absolute Gasteiger partial charge is 0.339 e. The second kappa shape index (κ2) is 8.63. The largest absolute Gasteiger partial charge is 0.444 e. The summed E-state index contributed by atoms with van der Waals surface area (Å²) < 4.78 is 5.62. The van der Waals surface area contributed by atoms with Crippen LogP contribution in [-0.2, 0) is 16.1 Å². The molecular formula is C21H23NO4. The fourth-order valence-electron chi connectivity index (χ4n) is 3.09. The summed E-state index contributed by atoms with van der Waals surface area (Å²) >= 11 is 0. The van der Waals surface area contributed by atoms with Crippen LogP contribution in [0, 0.1) is 0 Å². The summed E-state index contributed by atoms with van der Waals surface area (Å²) in [6, 6.07) is 15.7. The molecule has 1 amide bonds. The number of rotatable bonds is 5. The topological polar surface area (TPSA) is 66.8 Å². The molecule has 0 spiro atoms. The van der Waals surface area contributed by atoms with E-state index in [2.05, 4.69) is 0 Å². The van der Waals surface area contributed by atoms with E-state index in [1.807, 2.05) is 18.2 Å². The zero-order valence-corrected chi connectivity index (χ0v) is 14.6. The number of benzene rings is 2. The number of nitrogens with zero attached hydrogens (tertiary/aromatic N) is 1. The fourth-order valence-corrected chi connectivity index (χ4v) is 3.09. The Morgan fingerprint density at radius 2 is 1.62 bits per heavy atom. The van der Waals surface area contributed by atoms with Gasteiger partial charge in [-0.05, 0) is 37.0 Å². The number of hydrogen-bond donors (Lipinski definition) is 1. The summed E-state index contributed by atoms with van der Waals surface area (Å²) in [6.07, 6.45) is 2.13. The van der Waals surface area contributed by atoms with Gasteiger partial charge in [0, 0.05) is 18.7 Å². The van der Waals surface area contributed by atoms with Crippen LogP contribution in [0.3, 0.4) is 0 Å². The Morgan fingerprint density at radius 1 is 0.962 bits per heavy atom. The quantitative estimate of drug-likeness (QED) is 0.839. The van der Waals surface area contributed by atoms with Crippen molar-refractivity contribution in [2.45, 2.75) is 32.0 Å². The van der Waals surface area contributed by atoms with E-state index >= 15 is 0 Å². The highest BCUT2D eigenvalue weighted by Gasteiger charge is 2.30. The van der Waals surface area contributed by atoms with Gasteiger partial charge in [-0.15, -0.1) is 0 Å². The van der Waals surface area contributed by atoms with Gasteiger partial charge in [-0.1, -0.05) is 42.5 Å². The van der Waals surface area contributed by atoms with E-state index in [0.29, 0.717) is 29.8 Å². The monoisotopic (exact) mass is 353 g/mol. The number of aliphatic hydroxyl groups excluding tert-OH is 1. The van der Waals surface area contributed by atoms with Crippen molar-refractivity contribution in [3.05, 3.63) is 71.3 Å². The number of carbonyl (C=O) groups is 2. The third kappa shape index (κ3) is 4.29. The second-order valence-corrected chi connectivity index (χ2v) is 6.44. The van der Waals surface area contributed by atoms with Crippen LogP contribution in [-0.4, -0.2) is 35.0 Å². The molecular weight excluding hydrogens is 330 g/mol. The molecule has 0 radical (unpaired) electrons. The summed E-state index contributed by atoms with van der Waals surface area (Å²) in [5.41, 5.74) is 1.74. The predicted molar refractivity (Wildman–Crippen MR) is 97.4 cm³/mol. The highest BCUT2D eigenvalue weighted by Crippen LogP contribution is 2.24. The fraction of sp³-hybridized carbons (Fsp3) is 0.333. The van der Waals surface area contributed by atoms with Gasteiger partial charge < -0.3 is 14.7 Å². The SMILES string of the molecule is O=C(O[C@H](C(=O)N1CCCCC1)c1ccccc1)c1ccc(CO)cc1. The minimum absolute atomic E-state index is 0.0879. The summed E-state index contributed by atoms with van der Waals surface area (Å²) in [4.78, 5) is 27.3. The Morgan fingerprint density at radius 3 is 2.23 bits per heavy atom. The summed E-state index contributed by atoms with van der Waals surface area (Å²) in [5.74, 6) is -0.718. The van der Waals surface area contributed by atoms with Crippen molar-refractivity contribution in [1.82, 2.24) is 4.90 Å². The van der Waals surface area contributed by atoms with Crippen molar-refractivity contribution in [3.8, 4) is 0 Å². The Kier molecular flexibility index (Phi) is 6.02. The molecule has 1 saturated heterocycles. The molecule has 2 aromatic carbocycles.